The molecule has 0 aromatic heterocycles. The Morgan fingerprint density at radius 3 is 1.35 bits per heavy atom. The molecule has 5 rings (SSSR count). The summed E-state index contributed by atoms with van der Waals surface area (Å²) in [5.41, 5.74) is 3.22. The number of rotatable bonds is 4. The average molecular weight is 451 g/mol. The Morgan fingerprint density at radius 2 is 0.912 bits per heavy atom. The Morgan fingerprint density at radius 1 is 0.500 bits per heavy atom. The first-order valence-electron chi connectivity index (χ1n) is 11.3. The summed E-state index contributed by atoms with van der Waals surface area (Å²) in [4.78, 5) is 0. The number of benzene rings is 5. The molecule has 5 aromatic carbocycles. The second kappa shape index (κ2) is 8.31. The molecule has 0 aliphatic carbocycles. The van der Waals surface area contributed by atoms with Gasteiger partial charge in [-0.2, -0.15) is 0 Å². The normalized spacial score (nSPS) is 11.6. The standard InChI is InChI=1S/C30H26O4/c1-17(2)18-3-5-21(6-4-18)28(29-24-15-22(31)11-7-19(24)9-13-26(29)33)30-25-16-23(32)12-8-20(25)10-14-27(30)34/h3-17,28,31-34H,1-2H3. The maximum absolute atomic E-state index is 11.1. The van der Waals surface area contributed by atoms with Crippen LogP contribution in [0.5, 0.6) is 23.0 Å². The predicted molar refractivity (Wildman–Crippen MR) is 136 cm³/mol. The molecule has 0 aliphatic rings. The zero-order valence-corrected chi connectivity index (χ0v) is 19.0. The van der Waals surface area contributed by atoms with Crippen LogP contribution in [-0.4, -0.2) is 20.4 Å². The summed E-state index contributed by atoms with van der Waals surface area (Å²) in [5, 5.41) is 45.9. The van der Waals surface area contributed by atoms with Gasteiger partial charge in [0.25, 0.3) is 0 Å². The first-order valence-corrected chi connectivity index (χ1v) is 11.3. The van der Waals surface area contributed by atoms with Gasteiger partial charge >= 0.3 is 0 Å². The van der Waals surface area contributed by atoms with E-state index in [0.717, 1.165) is 16.3 Å². The van der Waals surface area contributed by atoms with E-state index in [0.29, 0.717) is 27.8 Å². The molecule has 0 saturated carbocycles. The van der Waals surface area contributed by atoms with E-state index in [2.05, 4.69) is 26.0 Å². The molecule has 0 aliphatic heterocycles. The second-order valence-electron chi connectivity index (χ2n) is 9.06. The average Bonchev–Trinajstić information content (AvgIpc) is 2.82. The molecule has 0 spiro atoms. The summed E-state index contributed by atoms with van der Waals surface area (Å²) in [7, 11) is 0. The van der Waals surface area contributed by atoms with Crippen molar-refractivity contribution in [2.45, 2.75) is 25.7 Å². The van der Waals surface area contributed by atoms with Crippen molar-refractivity contribution in [1.29, 1.82) is 0 Å². The van der Waals surface area contributed by atoms with Gasteiger partial charge in [-0.1, -0.05) is 62.4 Å². The first-order chi connectivity index (χ1) is 16.3. The number of fused-ring (bicyclic) bond motifs is 2. The van der Waals surface area contributed by atoms with Crippen LogP contribution in [0.2, 0.25) is 0 Å². The minimum absolute atomic E-state index is 0.0626. The van der Waals surface area contributed by atoms with Gasteiger partial charge in [-0.25, -0.2) is 0 Å². The highest BCUT2D eigenvalue weighted by molar-refractivity contribution is 5.94. The highest BCUT2D eigenvalue weighted by Crippen LogP contribution is 2.47. The Kier molecular flexibility index (Phi) is 5.29. The Bertz CT molecular complexity index is 1420. The molecule has 4 N–H and O–H groups in total. The van der Waals surface area contributed by atoms with Crippen molar-refractivity contribution in [3.05, 3.63) is 107 Å². The molecule has 0 amide bonds. The van der Waals surface area contributed by atoms with Gasteiger partial charge < -0.3 is 20.4 Å². The van der Waals surface area contributed by atoms with Gasteiger partial charge in [-0.05, 0) is 75.0 Å². The van der Waals surface area contributed by atoms with E-state index < -0.39 is 5.92 Å². The maximum atomic E-state index is 11.1. The van der Waals surface area contributed by atoms with Crippen LogP contribution in [0.3, 0.4) is 0 Å². The molecule has 0 fully saturated rings. The Hall–Kier alpha value is -4.18. The van der Waals surface area contributed by atoms with E-state index in [9.17, 15) is 20.4 Å². The quantitative estimate of drug-likeness (QED) is 0.220. The van der Waals surface area contributed by atoms with Gasteiger partial charge in [-0.15, -0.1) is 0 Å². The van der Waals surface area contributed by atoms with Crippen LogP contribution in [0.15, 0.2) is 84.9 Å². The van der Waals surface area contributed by atoms with Gasteiger partial charge in [0.1, 0.15) is 23.0 Å². The molecule has 0 bridgehead atoms. The molecular weight excluding hydrogens is 424 g/mol. The molecule has 170 valence electrons. The van der Waals surface area contributed by atoms with Gasteiger partial charge in [0.15, 0.2) is 0 Å². The van der Waals surface area contributed by atoms with Crippen molar-refractivity contribution in [3.8, 4) is 23.0 Å². The largest absolute Gasteiger partial charge is 0.508 e. The van der Waals surface area contributed by atoms with Crippen molar-refractivity contribution in [3.63, 3.8) is 0 Å². The SMILES string of the molecule is CC(C)c1ccc(C(c2c(O)ccc3ccc(O)cc23)c2c(O)ccc3ccc(O)cc23)cc1. The van der Waals surface area contributed by atoms with Crippen LogP contribution in [-0.2, 0) is 0 Å². The van der Waals surface area contributed by atoms with Gasteiger partial charge in [0.2, 0.25) is 0 Å². The van der Waals surface area contributed by atoms with Gasteiger partial charge in [0, 0.05) is 17.0 Å². The third-order valence-corrected chi connectivity index (χ3v) is 6.56. The third-order valence-electron chi connectivity index (χ3n) is 6.56. The summed E-state index contributed by atoms with van der Waals surface area (Å²) in [6.45, 7) is 4.26. The maximum Gasteiger partial charge on any atom is 0.120 e. The Balaban J connectivity index is 1.90. The van der Waals surface area contributed by atoms with Gasteiger partial charge in [-0.3, -0.25) is 0 Å². The number of aromatic hydroxyl groups is 4. The highest BCUT2D eigenvalue weighted by Gasteiger charge is 2.27. The molecule has 4 heteroatoms. The lowest BCUT2D eigenvalue weighted by Crippen LogP contribution is -2.06. The molecule has 4 nitrogen and oxygen atoms in total. The number of hydrogen-bond acceptors (Lipinski definition) is 4. The second-order valence-corrected chi connectivity index (χ2v) is 9.06. The summed E-state index contributed by atoms with van der Waals surface area (Å²) < 4.78 is 0. The summed E-state index contributed by atoms with van der Waals surface area (Å²) in [6.07, 6.45) is 0. The molecule has 0 heterocycles. The van der Waals surface area contributed by atoms with Crippen LogP contribution in [0.25, 0.3) is 21.5 Å². The topological polar surface area (TPSA) is 80.9 Å². The lowest BCUT2D eigenvalue weighted by atomic mass is 9.79. The van der Waals surface area contributed by atoms with Crippen molar-refractivity contribution in [2.24, 2.45) is 0 Å². The molecule has 0 radical (unpaired) electrons. The van der Waals surface area contributed by atoms with Crippen LogP contribution in [0.4, 0.5) is 0 Å². The van der Waals surface area contributed by atoms with Crippen LogP contribution < -0.4 is 0 Å². The summed E-state index contributed by atoms with van der Waals surface area (Å²) >= 11 is 0. The predicted octanol–water partition coefficient (Wildman–Crippen LogP) is 7.12. The molecular formula is C30H26O4. The van der Waals surface area contributed by atoms with Crippen LogP contribution in [0, 0.1) is 0 Å². The molecule has 0 unspecified atom stereocenters. The minimum atomic E-state index is -0.558. The number of hydrogen-bond donors (Lipinski definition) is 4. The number of phenolic OH excluding ortho intramolecular Hbond substituents is 4. The molecule has 5 aromatic rings. The molecule has 0 atom stereocenters. The van der Waals surface area contributed by atoms with Crippen LogP contribution >= 0.6 is 0 Å². The molecule has 34 heavy (non-hydrogen) atoms. The van der Waals surface area contributed by atoms with Gasteiger partial charge in [0.05, 0.1) is 0 Å². The van der Waals surface area contributed by atoms with Crippen molar-refractivity contribution in [1.82, 2.24) is 0 Å². The summed E-state index contributed by atoms with van der Waals surface area (Å²) in [6, 6.07) is 25.2. The van der Waals surface area contributed by atoms with E-state index in [4.69, 9.17) is 0 Å². The highest BCUT2D eigenvalue weighted by atomic mass is 16.3. The zero-order valence-electron chi connectivity index (χ0n) is 19.0. The van der Waals surface area contributed by atoms with Crippen molar-refractivity contribution >= 4 is 21.5 Å². The van der Waals surface area contributed by atoms with E-state index in [1.165, 1.54) is 5.56 Å². The lowest BCUT2D eigenvalue weighted by molar-refractivity contribution is 0.460. The Labute approximate surface area is 198 Å². The number of phenols is 4. The van der Waals surface area contributed by atoms with E-state index in [1.54, 1.807) is 60.7 Å². The van der Waals surface area contributed by atoms with E-state index in [-0.39, 0.29) is 23.0 Å². The van der Waals surface area contributed by atoms with Crippen molar-refractivity contribution < 1.29 is 20.4 Å². The fourth-order valence-electron chi connectivity index (χ4n) is 4.80. The third kappa shape index (κ3) is 3.67. The fourth-order valence-corrected chi connectivity index (χ4v) is 4.80. The zero-order chi connectivity index (χ0) is 24.0. The van der Waals surface area contributed by atoms with Crippen LogP contribution in [0.1, 0.15) is 47.9 Å². The minimum Gasteiger partial charge on any atom is -0.508 e. The first kappa shape index (κ1) is 21.7. The summed E-state index contributed by atoms with van der Waals surface area (Å²) in [5.74, 6) is 0.108. The monoisotopic (exact) mass is 450 g/mol. The van der Waals surface area contributed by atoms with E-state index in [1.807, 2.05) is 12.1 Å². The molecule has 0 saturated heterocycles. The van der Waals surface area contributed by atoms with E-state index >= 15 is 0 Å². The smallest absolute Gasteiger partial charge is 0.120 e. The fraction of sp³-hybridized carbons (Fsp3) is 0.133. The lowest BCUT2D eigenvalue weighted by Gasteiger charge is -2.25. The van der Waals surface area contributed by atoms with Crippen molar-refractivity contribution in [2.75, 3.05) is 0 Å².